The van der Waals surface area contributed by atoms with Crippen LogP contribution in [0.25, 0.3) is 0 Å². The number of nitrogens with zero attached hydrogens (tertiary/aromatic N) is 4. The SMILES string of the molecule is CC1CCN(c2nc(N)c([N+](=O)[O-])c(NCCO)n2)CC1. The van der Waals surface area contributed by atoms with Gasteiger partial charge in [0.2, 0.25) is 17.6 Å². The van der Waals surface area contributed by atoms with Crippen LogP contribution in [-0.2, 0) is 0 Å². The minimum atomic E-state index is -0.614. The number of hydrogen-bond acceptors (Lipinski definition) is 8. The molecule has 0 aromatic carbocycles. The molecule has 0 amide bonds. The van der Waals surface area contributed by atoms with Gasteiger partial charge in [0.05, 0.1) is 11.5 Å². The van der Waals surface area contributed by atoms with E-state index in [9.17, 15) is 10.1 Å². The highest BCUT2D eigenvalue weighted by Crippen LogP contribution is 2.31. The van der Waals surface area contributed by atoms with Gasteiger partial charge in [-0.25, -0.2) is 0 Å². The third kappa shape index (κ3) is 3.48. The van der Waals surface area contributed by atoms with Crippen LogP contribution in [0.1, 0.15) is 19.8 Å². The van der Waals surface area contributed by atoms with Crippen LogP contribution in [0.5, 0.6) is 0 Å². The number of nitrogens with one attached hydrogen (secondary N) is 1. The summed E-state index contributed by atoms with van der Waals surface area (Å²) < 4.78 is 0. The minimum Gasteiger partial charge on any atom is -0.395 e. The number of aliphatic hydroxyl groups is 1. The van der Waals surface area contributed by atoms with Crippen molar-refractivity contribution in [1.82, 2.24) is 9.97 Å². The monoisotopic (exact) mass is 296 g/mol. The largest absolute Gasteiger partial charge is 0.395 e. The van der Waals surface area contributed by atoms with Crippen molar-refractivity contribution in [2.24, 2.45) is 5.92 Å². The smallest absolute Gasteiger partial charge is 0.353 e. The molecule has 1 aliphatic heterocycles. The van der Waals surface area contributed by atoms with Gasteiger partial charge >= 0.3 is 5.69 Å². The summed E-state index contributed by atoms with van der Waals surface area (Å²) in [5, 5.41) is 22.6. The first-order valence-electron chi connectivity index (χ1n) is 6.94. The molecule has 0 aliphatic carbocycles. The summed E-state index contributed by atoms with van der Waals surface area (Å²) in [4.78, 5) is 20.7. The minimum absolute atomic E-state index is 0.0511. The molecule has 1 fully saturated rings. The van der Waals surface area contributed by atoms with Gasteiger partial charge in [-0.1, -0.05) is 6.92 Å². The molecule has 0 radical (unpaired) electrons. The Morgan fingerprint density at radius 1 is 1.48 bits per heavy atom. The maximum absolute atomic E-state index is 11.1. The molecular weight excluding hydrogens is 276 g/mol. The number of nitro groups is 1. The molecule has 9 heteroatoms. The van der Waals surface area contributed by atoms with E-state index in [1.54, 1.807) is 0 Å². The second-order valence-electron chi connectivity index (χ2n) is 5.18. The van der Waals surface area contributed by atoms with Crippen molar-refractivity contribution in [1.29, 1.82) is 0 Å². The molecule has 2 rings (SSSR count). The van der Waals surface area contributed by atoms with E-state index >= 15 is 0 Å². The summed E-state index contributed by atoms with van der Waals surface area (Å²) in [7, 11) is 0. The fourth-order valence-corrected chi connectivity index (χ4v) is 2.29. The highest BCUT2D eigenvalue weighted by Gasteiger charge is 2.26. The second-order valence-corrected chi connectivity index (χ2v) is 5.18. The highest BCUT2D eigenvalue weighted by molar-refractivity contribution is 5.70. The van der Waals surface area contributed by atoms with Gasteiger partial charge in [-0.15, -0.1) is 0 Å². The van der Waals surface area contributed by atoms with Gasteiger partial charge in [-0.05, 0) is 18.8 Å². The average Bonchev–Trinajstić information content (AvgIpc) is 2.44. The zero-order valence-electron chi connectivity index (χ0n) is 11.9. The molecule has 1 aromatic heterocycles. The number of rotatable bonds is 5. The molecule has 4 N–H and O–H groups in total. The van der Waals surface area contributed by atoms with Crippen molar-refractivity contribution < 1.29 is 10.0 Å². The van der Waals surface area contributed by atoms with Crippen LogP contribution in [-0.4, -0.2) is 46.2 Å². The number of piperidine rings is 1. The molecule has 1 aliphatic rings. The number of hydrogen-bond donors (Lipinski definition) is 3. The van der Waals surface area contributed by atoms with Crippen molar-refractivity contribution in [2.75, 3.05) is 42.2 Å². The zero-order valence-corrected chi connectivity index (χ0v) is 11.9. The van der Waals surface area contributed by atoms with Gasteiger partial charge in [-0.2, -0.15) is 9.97 Å². The van der Waals surface area contributed by atoms with Gasteiger partial charge < -0.3 is 21.1 Å². The van der Waals surface area contributed by atoms with E-state index in [0.29, 0.717) is 11.9 Å². The van der Waals surface area contributed by atoms with Gasteiger partial charge in [0.1, 0.15) is 0 Å². The molecule has 0 spiro atoms. The average molecular weight is 296 g/mol. The van der Waals surface area contributed by atoms with E-state index in [2.05, 4.69) is 22.2 Å². The topological polar surface area (TPSA) is 130 Å². The first-order chi connectivity index (χ1) is 10.0. The first-order valence-corrected chi connectivity index (χ1v) is 6.94. The van der Waals surface area contributed by atoms with Crippen LogP contribution < -0.4 is 16.0 Å². The van der Waals surface area contributed by atoms with Crippen molar-refractivity contribution >= 4 is 23.3 Å². The van der Waals surface area contributed by atoms with E-state index < -0.39 is 4.92 Å². The summed E-state index contributed by atoms with van der Waals surface area (Å²) in [6.45, 7) is 3.80. The summed E-state index contributed by atoms with van der Waals surface area (Å²) >= 11 is 0. The van der Waals surface area contributed by atoms with E-state index in [1.807, 2.05) is 4.90 Å². The number of aromatic nitrogens is 2. The summed E-state index contributed by atoms with van der Waals surface area (Å²) in [5.74, 6) is 0.938. The van der Waals surface area contributed by atoms with Crippen molar-refractivity contribution in [2.45, 2.75) is 19.8 Å². The lowest BCUT2D eigenvalue weighted by atomic mass is 10.00. The van der Waals surface area contributed by atoms with E-state index in [1.165, 1.54) is 0 Å². The Kier molecular flexibility index (Phi) is 4.73. The van der Waals surface area contributed by atoms with Crippen molar-refractivity contribution in [3.63, 3.8) is 0 Å². The highest BCUT2D eigenvalue weighted by atomic mass is 16.6. The molecule has 1 aromatic rings. The number of anilines is 3. The van der Waals surface area contributed by atoms with E-state index in [-0.39, 0.29) is 30.5 Å². The normalized spacial score (nSPS) is 16.0. The maximum atomic E-state index is 11.1. The predicted octanol–water partition coefficient (Wildman–Crippen LogP) is 0.607. The molecule has 0 unspecified atom stereocenters. The lowest BCUT2D eigenvalue weighted by Gasteiger charge is -2.30. The Morgan fingerprint density at radius 2 is 2.14 bits per heavy atom. The van der Waals surface area contributed by atoms with Crippen LogP contribution in [0.15, 0.2) is 0 Å². The summed E-state index contributed by atoms with van der Waals surface area (Å²) in [5.41, 5.74) is 5.36. The Labute approximate surface area is 122 Å². The summed E-state index contributed by atoms with van der Waals surface area (Å²) in [6.07, 6.45) is 2.05. The quantitative estimate of drug-likeness (QED) is 0.532. The van der Waals surface area contributed by atoms with Crippen LogP contribution in [0.3, 0.4) is 0 Å². The van der Waals surface area contributed by atoms with Crippen LogP contribution in [0.2, 0.25) is 0 Å². The van der Waals surface area contributed by atoms with Crippen molar-refractivity contribution in [3.05, 3.63) is 10.1 Å². The predicted molar refractivity (Wildman–Crippen MR) is 79.3 cm³/mol. The number of aliphatic hydroxyl groups excluding tert-OH is 1. The van der Waals surface area contributed by atoms with Crippen LogP contribution in [0, 0.1) is 16.0 Å². The van der Waals surface area contributed by atoms with E-state index in [0.717, 1.165) is 25.9 Å². The maximum Gasteiger partial charge on any atom is 0.353 e. The Hall–Kier alpha value is -2.16. The third-order valence-electron chi connectivity index (χ3n) is 3.55. The van der Waals surface area contributed by atoms with Gasteiger partial charge in [0.15, 0.2) is 0 Å². The fourth-order valence-electron chi connectivity index (χ4n) is 2.29. The Bertz CT molecular complexity index is 516. The van der Waals surface area contributed by atoms with Gasteiger partial charge in [-0.3, -0.25) is 10.1 Å². The van der Waals surface area contributed by atoms with Gasteiger partial charge in [0.25, 0.3) is 0 Å². The molecular formula is C12H20N6O3. The summed E-state index contributed by atoms with van der Waals surface area (Å²) in [6, 6.07) is 0. The van der Waals surface area contributed by atoms with Crippen LogP contribution >= 0.6 is 0 Å². The molecule has 9 nitrogen and oxygen atoms in total. The zero-order chi connectivity index (χ0) is 15.4. The Morgan fingerprint density at radius 3 is 2.71 bits per heavy atom. The standard InChI is InChI=1S/C12H20N6O3/c1-8-2-5-17(6-3-8)12-15-10(13)9(18(20)21)11(16-12)14-4-7-19/h8,19H,2-7H2,1H3,(H3,13,14,15,16). The van der Waals surface area contributed by atoms with E-state index in [4.69, 9.17) is 10.8 Å². The van der Waals surface area contributed by atoms with Crippen molar-refractivity contribution in [3.8, 4) is 0 Å². The molecule has 0 bridgehead atoms. The molecule has 1 saturated heterocycles. The van der Waals surface area contributed by atoms with Gasteiger partial charge in [0, 0.05) is 19.6 Å². The fraction of sp³-hybridized carbons (Fsp3) is 0.667. The molecule has 116 valence electrons. The first kappa shape index (κ1) is 15.2. The molecule has 0 atom stereocenters. The molecule has 0 saturated carbocycles. The Balaban J connectivity index is 2.30. The molecule has 21 heavy (non-hydrogen) atoms. The second kappa shape index (κ2) is 6.53. The lowest BCUT2D eigenvalue weighted by molar-refractivity contribution is -0.383. The molecule has 2 heterocycles. The lowest BCUT2D eigenvalue weighted by Crippen LogP contribution is -2.34. The third-order valence-corrected chi connectivity index (χ3v) is 3.55. The number of nitrogens with two attached hydrogens (primary N) is 1. The number of nitrogen functional groups attached to an aromatic ring is 1. The van der Waals surface area contributed by atoms with Crippen LogP contribution in [0.4, 0.5) is 23.3 Å².